The molecule has 0 aromatic carbocycles. The zero-order chi connectivity index (χ0) is 9.42. The second kappa shape index (κ2) is 3.25. The molecule has 1 saturated heterocycles. The fraction of sp³-hybridized carbons (Fsp3) is 0.556. The van der Waals surface area contributed by atoms with E-state index in [0.29, 0.717) is 0 Å². The maximum Gasteiger partial charge on any atom is 0.124 e. The zero-order valence-corrected chi connectivity index (χ0v) is 9.34. The third-order valence-corrected chi connectivity index (χ3v) is 3.18. The number of rotatable bonds is 1. The Bertz CT molecular complexity index is 313. The number of nitrogens with two attached hydrogens (primary N) is 1. The highest BCUT2D eigenvalue weighted by Gasteiger charge is 2.19. The smallest absolute Gasteiger partial charge is 0.124 e. The maximum absolute atomic E-state index is 5.82. The summed E-state index contributed by atoms with van der Waals surface area (Å²) in [6, 6.07) is 1.97. The van der Waals surface area contributed by atoms with E-state index in [9.17, 15) is 0 Å². The molecule has 0 atom stereocenters. The van der Waals surface area contributed by atoms with Gasteiger partial charge in [0, 0.05) is 20.1 Å². The van der Waals surface area contributed by atoms with Crippen molar-refractivity contribution < 1.29 is 0 Å². The first-order valence-corrected chi connectivity index (χ1v) is 5.35. The first-order chi connectivity index (χ1) is 6.20. The lowest BCUT2D eigenvalue weighted by molar-refractivity contribution is 0.847. The Morgan fingerprint density at radius 1 is 1.38 bits per heavy atom. The normalized spacial score (nSPS) is 16.9. The lowest BCUT2D eigenvalue weighted by Gasteiger charge is -2.19. The van der Waals surface area contributed by atoms with Crippen LogP contribution in [0.25, 0.3) is 0 Å². The Morgan fingerprint density at radius 2 is 2.00 bits per heavy atom. The number of aromatic nitrogens is 1. The summed E-state index contributed by atoms with van der Waals surface area (Å²) in [5.41, 5.74) is 5.82. The summed E-state index contributed by atoms with van der Waals surface area (Å²) >= 11 is 3.54. The van der Waals surface area contributed by atoms with Gasteiger partial charge >= 0.3 is 0 Å². The summed E-state index contributed by atoms with van der Waals surface area (Å²) in [4.78, 5) is 2.38. The van der Waals surface area contributed by atoms with Gasteiger partial charge in [-0.3, -0.25) is 0 Å². The van der Waals surface area contributed by atoms with Crippen molar-refractivity contribution in [2.45, 2.75) is 12.8 Å². The molecule has 0 amide bonds. The van der Waals surface area contributed by atoms with Crippen LogP contribution in [0.15, 0.2) is 10.5 Å². The predicted molar refractivity (Wildman–Crippen MR) is 59.0 cm³/mol. The molecule has 2 N–H and O–H groups in total. The molecule has 0 aliphatic carbocycles. The third kappa shape index (κ3) is 1.43. The average Bonchev–Trinajstić information content (AvgIpc) is 2.63. The summed E-state index contributed by atoms with van der Waals surface area (Å²) in [5.74, 6) is 2.03. The van der Waals surface area contributed by atoms with Crippen molar-refractivity contribution in [1.29, 1.82) is 0 Å². The van der Waals surface area contributed by atoms with Crippen LogP contribution in [0.1, 0.15) is 12.8 Å². The van der Waals surface area contributed by atoms with Crippen LogP contribution in [0, 0.1) is 0 Å². The maximum atomic E-state index is 5.82. The first kappa shape index (κ1) is 8.94. The Morgan fingerprint density at radius 3 is 2.46 bits per heavy atom. The lowest BCUT2D eigenvalue weighted by atomic mass is 10.4. The standard InChI is InChI=1S/C9H14BrN3/c1-12-8(11)6-7(10)9(12)13-4-2-3-5-13/h6H,2-5,11H2,1H3. The topological polar surface area (TPSA) is 34.2 Å². The molecule has 1 aliphatic rings. The SMILES string of the molecule is Cn1c(N)cc(Br)c1N1CCCC1. The molecule has 1 aliphatic heterocycles. The van der Waals surface area contributed by atoms with E-state index >= 15 is 0 Å². The molecule has 2 rings (SSSR count). The molecule has 1 aromatic heterocycles. The van der Waals surface area contributed by atoms with E-state index < -0.39 is 0 Å². The van der Waals surface area contributed by atoms with Crippen LogP contribution in [0.5, 0.6) is 0 Å². The number of hydrogen-bond donors (Lipinski definition) is 1. The Balaban J connectivity index is 2.37. The molecule has 0 spiro atoms. The minimum absolute atomic E-state index is 0.814. The van der Waals surface area contributed by atoms with E-state index in [1.807, 2.05) is 17.7 Å². The fourth-order valence-electron chi connectivity index (χ4n) is 1.87. The van der Waals surface area contributed by atoms with E-state index in [0.717, 1.165) is 23.4 Å². The van der Waals surface area contributed by atoms with Gasteiger partial charge in [-0.15, -0.1) is 0 Å². The second-order valence-electron chi connectivity index (χ2n) is 3.49. The van der Waals surface area contributed by atoms with Gasteiger partial charge in [0.05, 0.1) is 4.47 Å². The summed E-state index contributed by atoms with van der Waals surface area (Å²) < 4.78 is 3.14. The molecular weight excluding hydrogens is 230 g/mol. The summed E-state index contributed by atoms with van der Waals surface area (Å²) in [7, 11) is 2.01. The van der Waals surface area contributed by atoms with E-state index in [2.05, 4.69) is 20.8 Å². The summed E-state index contributed by atoms with van der Waals surface area (Å²) in [6.07, 6.45) is 2.58. The Kier molecular flexibility index (Phi) is 2.24. The van der Waals surface area contributed by atoms with Crippen LogP contribution in [-0.2, 0) is 7.05 Å². The van der Waals surface area contributed by atoms with Crippen LogP contribution in [-0.4, -0.2) is 17.7 Å². The first-order valence-electron chi connectivity index (χ1n) is 4.56. The highest BCUT2D eigenvalue weighted by molar-refractivity contribution is 9.10. The molecule has 0 bridgehead atoms. The molecule has 0 radical (unpaired) electrons. The number of anilines is 2. The van der Waals surface area contributed by atoms with E-state index in [4.69, 9.17) is 5.73 Å². The molecule has 3 nitrogen and oxygen atoms in total. The second-order valence-corrected chi connectivity index (χ2v) is 4.35. The zero-order valence-electron chi connectivity index (χ0n) is 7.76. The molecule has 2 heterocycles. The van der Waals surface area contributed by atoms with Crippen molar-refractivity contribution in [2.75, 3.05) is 23.7 Å². The minimum atomic E-state index is 0.814. The van der Waals surface area contributed by atoms with E-state index in [1.165, 1.54) is 18.7 Å². The molecule has 1 aromatic rings. The van der Waals surface area contributed by atoms with Crippen LogP contribution in [0.4, 0.5) is 11.6 Å². The van der Waals surface area contributed by atoms with E-state index in [1.54, 1.807) is 0 Å². The summed E-state index contributed by atoms with van der Waals surface area (Å²) in [5, 5.41) is 0. The molecule has 1 fully saturated rings. The monoisotopic (exact) mass is 243 g/mol. The molecule has 72 valence electrons. The Hall–Kier alpha value is -0.640. The van der Waals surface area contributed by atoms with Gasteiger partial charge in [-0.05, 0) is 34.8 Å². The van der Waals surface area contributed by atoms with Gasteiger partial charge in [0.1, 0.15) is 11.6 Å². The number of halogens is 1. The van der Waals surface area contributed by atoms with Crippen LogP contribution < -0.4 is 10.6 Å². The molecule has 0 unspecified atom stereocenters. The highest BCUT2D eigenvalue weighted by atomic mass is 79.9. The van der Waals surface area contributed by atoms with Crippen molar-refractivity contribution in [3.05, 3.63) is 10.5 Å². The van der Waals surface area contributed by atoms with Crippen molar-refractivity contribution in [2.24, 2.45) is 7.05 Å². The number of nitrogens with zero attached hydrogens (tertiary/aromatic N) is 2. The quantitative estimate of drug-likeness (QED) is 0.819. The van der Waals surface area contributed by atoms with Crippen molar-refractivity contribution in [3.63, 3.8) is 0 Å². The van der Waals surface area contributed by atoms with E-state index in [-0.39, 0.29) is 0 Å². The molecular formula is C9H14BrN3. The van der Waals surface area contributed by atoms with Gasteiger partial charge in [-0.25, -0.2) is 0 Å². The predicted octanol–water partition coefficient (Wildman–Crippen LogP) is 1.97. The van der Waals surface area contributed by atoms with Crippen molar-refractivity contribution in [3.8, 4) is 0 Å². The Labute approximate surface area is 86.6 Å². The summed E-state index contributed by atoms with van der Waals surface area (Å²) in [6.45, 7) is 2.30. The minimum Gasteiger partial charge on any atom is -0.385 e. The van der Waals surface area contributed by atoms with Crippen LogP contribution in [0.3, 0.4) is 0 Å². The van der Waals surface area contributed by atoms with Gasteiger partial charge in [-0.1, -0.05) is 0 Å². The van der Waals surface area contributed by atoms with Gasteiger partial charge in [0.2, 0.25) is 0 Å². The fourth-order valence-corrected chi connectivity index (χ4v) is 2.62. The average molecular weight is 244 g/mol. The molecule has 0 saturated carbocycles. The van der Waals surface area contributed by atoms with Gasteiger partial charge in [0.25, 0.3) is 0 Å². The van der Waals surface area contributed by atoms with Gasteiger partial charge in [-0.2, -0.15) is 0 Å². The van der Waals surface area contributed by atoms with Gasteiger partial charge in [0.15, 0.2) is 0 Å². The van der Waals surface area contributed by atoms with Crippen molar-refractivity contribution >= 4 is 27.6 Å². The number of nitrogen functional groups attached to an aromatic ring is 1. The molecule has 4 heteroatoms. The van der Waals surface area contributed by atoms with Crippen LogP contribution >= 0.6 is 15.9 Å². The largest absolute Gasteiger partial charge is 0.385 e. The third-order valence-electron chi connectivity index (χ3n) is 2.60. The highest BCUT2D eigenvalue weighted by Crippen LogP contribution is 2.32. The van der Waals surface area contributed by atoms with Gasteiger partial charge < -0.3 is 15.2 Å². The molecule has 13 heavy (non-hydrogen) atoms. The van der Waals surface area contributed by atoms with Crippen LogP contribution in [0.2, 0.25) is 0 Å². The van der Waals surface area contributed by atoms with Crippen molar-refractivity contribution in [1.82, 2.24) is 4.57 Å². The lowest BCUT2D eigenvalue weighted by Crippen LogP contribution is -2.21. The number of hydrogen-bond acceptors (Lipinski definition) is 2.